The molecule has 9 nitrogen and oxygen atoms in total. The summed E-state index contributed by atoms with van der Waals surface area (Å²) in [5, 5.41) is 0. The highest BCUT2D eigenvalue weighted by atomic mass is 32.2. The predicted octanol–water partition coefficient (Wildman–Crippen LogP) is 10.8. The molecule has 0 saturated carbocycles. The second kappa shape index (κ2) is 16.1. The number of sulfone groups is 1. The van der Waals surface area contributed by atoms with Gasteiger partial charge >= 0.3 is 0 Å². The standard InChI is InChI=1S/C46H34O9S2/c1-4-32-6-8-35(9-7-32)43-29-31(2)5-27-44(43)55-40-22-28-45(46(30-40)57(49,50)51)54-39-20-25-42(26-21-39)56(47,48)41-23-18-38(19-24-41)53-37-16-12-34(13-17-37)33-10-14-36(52-3)15-11-33/h1,5-30H,2-3H3,(H,49,50,51). The third-order valence-electron chi connectivity index (χ3n) is 8.93. The fourth-order valence-electron chi connectivity index (χ4n) is 5.94. The maximum Gasteiger partial charge on any atom is 0.298 e. The molecular formula is C46H34O9S2. The van der Waals surface area contributed by atoms with Gasteiger partial charge in [0.2, 0.25) is 9.84 Å². The molecule has 0 atom stereocenters. The summed E-state index contributed by atoms with van der Waals surface area (Å²) in [6, 6.07) is 43.7. The number of terminal acetylenes is 1. The summed E-state index contributed by atoms with van der Waals surface area (Å²) in [6.07, 6.45) is 5.51. The van der Waals surface area contributed by atoms with Gasteiger partial charge in [0.25, 0.3) is 10.1 Å². The van der Waals surface area contributed by atoms with Gasteiger partial charge in [-0.1, -0.05) is 53.9 Å². The monoisotopic (exact) mass is 794 g/mol. The Morgan fingerprint density at radius 3 is 1.49 bits per heavy atom. The van der Waals surface area contributed by atoms with Gasteiger partial charge in [0.15, 0.2) is 0 Å². The minimum absolute atomic E-state index is 0.0146. The molecule has 0 aromatic heterocycles. The van der Waals surface area contributed by atoms with Crippen LogP contribution in [0.2, 0.25) is 0 Å². The van der Waals surface area contributed by atoms with Crippen molar-refractivity contribution in [1.82, 2.24) is 0 Å². The smallest absolute Gasteiger partial charge is 0.298 e. The van der Waals surface area contributed by atoms with Gasteiger partial charge < -0.3 is 18.9 Å². The van der Waals surface area contributed by atoms with Crippen molar-refractivity contribution in [2.24, 2.45) is 0 Å². The number of hydrogen-bond acceptors (Lipinski definition) is 8. The van der Waals surface area contributed by atoms with Gasteiger partial charge in [-0.05, 0) is 133 Å². The van der Waals surface area contributed by atoms with Gasteiger partial charge in [-0.25, -0.2) is 8.42 Å². The van der Waals surface area contributed by atoms with E-state index in [1.165, 1.54) is 48.5 Å². The lowest BCUT2D eigenvalue weighted by Gasteiger charge is -2.15. The number of methoxy groups -OCH3 is 1. The van der Waals surface area contributed by atoms with Crippen molar-refractivity contribution >= 4 is 20.0 Å². The van der Waals surface area contributed by atoms with E-state index in [4.69, 9.17) is 25.4 Å². The van der Waals surface area contributed by atoms with E-state index in [1.807, 2.05) is 91.9 Å². The molecule has 0 heterocycles. The molecule has 284 valence electrons. The summed E-state index contributed by atoms with van der Waals surface area (Å²) in [5.74, 6) is 4.91. The lowest BCUT2D eigenvalue weighted by Crippen LogP contribution is -2.03. The van der Waals surface area contributed by atoms with Crippen LogP contribution in [0.3, 0.4) is 0 Å². The molecule has 0 aliphatic heterocycles. The molecule has 0 saturated heterocycles. The first kappa shape index (κ1) is 38.4. The van der Waals surface area contributed by atoms with Gasteiger partial charge in [-0.2, -0.15) is 8.42 Å². The first-order valence-corrected chi connectivity index (χ1v) is 20.3. The molecule has 0 unspecified atom stereocenters. The molecule has 7 aromatic carbocycles. The SMILES string of the molecule is C#Cc1ccc(-c2cc(C)ccc2Oc2ccc(Oc3ccc(S(=O)(=O)c4ccc(Oc5ccc(-c6ccc(OC)cc6)cc5)cc4)cc3)c(S(=O)(=O)O)c2)cc1. The van der Waals surface area contributed by atoms with Crippen molar-refractivity contribution in [3.8, 4) is 74.8 Å². The fraction of sp³-hybridized carbons (Fsp3) is 0.0435. The van der Waals surface area contributed by atoms with Crippen molar-refractivity contribution in [3.63, 3.8) is 0 Å². The van der Waals surface area contributed by atoms with Crippen molar-refractivity contribution in [1.29, 1.82) is 0 Å². The number of aryl methyl sites for hydroxylation is 1. The van der Waals surface area contributed by atoms with Crippen LogP contribution in [-0.4, -0.2) is 28.5 Å². The number of hydrogen-bond donors (Lipinski definition) is 1. The van der Waals surface area contributed by atoms with Crippen molar-refractivity contribution in [3.05, 3.63) is 169 Å². The Labute approximate surface area is 331 Å². The molecule has 0 amide bonds. The number of ether oxygens (including phenoxy) is 4. The lowest BCUT2D eigenvalue weighted by atomic mass is 10.0. The third-order valence-corrected chi connectivity index (χ3v) is 11.6. The first-order chi connectivity index (χ1) is 27.4. The average Bonchev–Trinajstić information content (AvgIpc) is 3.22. The normalized spacial score (nSPS) is 11.3. The minimum Gasteiger partial charge on any atom is -0.497 e. The summed E-state index contributed by atoms with van der Waals surface area (Å²) in [4.78, 5) is -0.512. The molecule has 0 bridgehead atoms. The Morgan fingerprint density at radius 1 is 0.509 bits per heavy atom. The Morgan fingerprint density at radius 2 is 0.965 bits per heavy atom. The van der Waals surface area contributed by atoms with E-state index in [9.17, 15) is 21.4 Å². The topological polar surface area (TPSA) is 125 Å². The highest BCUT2D eigenvalue weighted by molar-refractivity contribution is 7.91. The Bertz CT molecular complexity index is 2810. The maximum atomic E-state index is 13.5. The van der Waals surface area contributed by atoms with E-state index in [2.05, 4.69) is 5.92 Å². The largest absolute Gasteiger partial charge is 0.497 e. The highest BCUT2D eigenvalue weighted by Crippen LogP contribution is 2.38. The van der Waals surface area contributed by atoms with Gasteiger partial charge in [-0.3, -0.25) is 4.55 Å². The van der Waals surface area contributed by atoms with Crippen LogP contribution >= 0.6 is 0 Å². The molecule has 0 aliphatic carbocycles. The molecule has 0 spiro atoms. The van der Waals surface area contributed by atoms with E-state index in [0.29, 0.717) is 17.2 Å². The molecule has 11 heteroatoms. The van der Waals surface area contributed by atoms with Gasteiger partial charge in [-0.15, -0.1) is 6.42 Å². The summed E-state index contributed by atoms with van der Waals surface area (Å²) >= 11 is 0. The molecule has 0 aliphatic rings. The van der Waals surface area contributed by atoms with Crippen LogP contribution in [0, 0.1) is 19.3 Å². The van der Waals surface area contributed by atoms with E-state index in [-0.39, 0.29) is 27.0 Å². The van der Waals surface area contributed by atoms with Gasteiger partial charge in [0.05, 0.1) is 16.9 Å². The second-order valence-corrected chi connectivity index (χ2v) is 16.1. The van der Waals surface area contributed by atoms with Crippen LogP contribution < -0.4 is 18.9 Å². The Balaban J connectivity index is 1.04. The summed E-state index contributed by atoms with van der Waals surface area (Å²) < 4.78 is 85.3. The Hall–Kier alpha value is -6.84. The molecule has 7 rings (SSSR count). The molecule has 7 aromatic rings. The number of benzene rings is 7. The maximum absolute atomic E-state index is 13.5. The fourth-order valence-corrected chi connectivity index (χ4v) is 7.83. The second-order valence-electron chi connectivity index (χ2n) is 12.8. The van der Waals surface area contributed by atoms with Gasteiger partial charge in [0.1, 0.15) is 45.1 Å². The molecule has 0 radical (unpaired) electrons. The van der Waals surface area contributed by atoms with Crippen molar-refractivity contribution in [2.75, 3.05) is 7.11 Å². The van der Waals surface area contributed by atoms with Crippen LogP contribution in [0.15, 0.2) is 172 Å². The average molecular weight is 795 g/mol. The molecular weight excluding hydrogens is 761 g/mol. The van der Waals surface area contributed by atoms with Crippen LogP contribution in [-0.2, 0) is 20.0 Å². The molecule has 57 heavy (non-hydrogen) atoms. The van der Waals surface area contributed by atoms with E-state index < -0.39 is 24.9 Å². The zero-order valence-corrected chi connectivity index (χ0v) is 32.3. The minimum atomic E-state index is -4.79. The zero-order chi connectivity index (χ0) is 40.2. The highest BCUT2D eigenvalue weighted by Gasteiger charge is 2.22. The lowest BCUT2D eigenvalue weighted by molar-refractivity contribution is 0.415. The Kier molecular flexibility index (Phi) is 10.9. The van der Waals surface area contributed by atoms with E-state index in [0.717, 1.165) is 45.2 Å². The van der Waals surface area contributed by atoms with E-state index >= 15 is 0 Å². The third kappa shape index (κ3) is 8.85. The van der Waals surface area contributed by atoms with E-state index in [1.54, 1.807) is 25.3 Å². The van der Waals surface area contributed by atoms with Crippen LogP contribution in [0.1, 0.15) is 11.1 Å². The summed E-state index contributed by atoms with van der Waals surface area (Å²) in [7, 11) is -7.10. The number of rotatable bonds is 12. The summed E-state index contributed by atoms with van der Waals surface area (Å²) in [6.45, 7) is 1.94. The van der Waals surface area contributed by atoms with Crippen molar-refractivity contribution in [2.45, 2.75) is 21.6 Å². The molecule has 1 N–H and O–H groups in total. The predicted molar refractivity (Wildman–Crippen MR) is 218 cm³/mol. The zero-order valence-electron chi connectivity index (χ0n) is 30.6. The van der Waals surface area contributed by atoms with Crippen LogP contribution in [0.5, 0.6) is 40.2 Å². The van der Waals surface area contributed by atoms with Crippen molar-refractivity contribution < 1.29 is 40.3 Å². The summed E-state index contributed by atoms with van der Waals surface area (Å²) in [5.41, 5.74) is 5.31. The van der Waals surface area contributed by atoms with Crippen LogP contribution in [0.25, 0.3) is 22.3 Å². The van der Waals surface area contributed by atoms with Gasteiger partial charge in [0, 0.05) is 17.2 Å². The first-order valence-electron chi connectivity index (χ1n) is 17.4. The molecule has 0 fully saturated rings. The quantitative estimate of drug-likeness (QED) is 0.0950. The van der Waals surface area contributed by atoms with Crippen LogP contribution in [0.4, 0.5) is 0 Å².